The largest absolute Gasteiger partial charge is 0.356 e. The van der Waals surface area contributed by atoms with Gasteiger partial charge in [0.25, 0.3) is 0 Å². The summed E-state index contributed by atoms with van der Waals surface area (Å²) in [6, 6.07) is 8.54. The van der Waals surface area contributed by atoms with Crippen LogP contribution in [-0.2, 0) is 9.59 Å². The quantitative estimate of drug-likeness (QED) is 0.603. The maximum atomic E-state index is 11.6. The molecule has 1 aromatic carbocycles. The molecule has 0 radical (unpaired) electrons. The van der Waals surface area contributed by atoms with Gasteiger partial charge < -0.3 is 10.6 Å². The summed E-state index contributed by atoms with van der Waals surface area (Å²) in [6.45, 7) is 2.62. The number of nitrogens with one attached hydrogen (secondary N) is 2. The van der Waals surface area contributed by atoms with Crippen LogP contribution in [0.1, 0.15) is 31.7 Å². The average Bonchev–Trinajstić information content (AvgIpc) is 2.39. The third-order valence-corrected chi connectivity index (χ3v) is 2.45. The van der Waals surface area contributed by atoms with E-state index >= 15 is 0 Å². The first-order valence-electron chi connectivity index (χ1n) is 6.22. The number of carbonyl (C=O) groups is 2. The summed E-state index contributed by atoms with van der Waals surface area (Å²) >= 11 is 0. The first-order chi connectivity index (χ1) is 9.15. The monoisotopic (exact) mass is 259 g/mol. The fourth-order valence-electron chi connectivity index (χ4n) is 1.48. The summed E-state index contributed by atoms with van der Waals surface area (Å²) in [6.07, 6.45) is 1.69. The van der Waals surface area contributed by atoms with Gasteiger partial charge in [-0.15, -0.1) is 0 Å². The van der Waals surface area contributed by atoms with Crippen LogP contribution < -0.4 is 10.6 Å². The molecule has 5 nitrogen and oxygen atoms in total. The number of nitriles is 1. The fourth-order valence-corrected chi connectivity index (χ4v) is 1.48. The Balaban J connectivity index is 2.42. The molecule has 0 aromatic heterocycles. The van der Waals surface area contributed by atoms with Crippen molar-refractivity contribution < 1.29 is 9.59 Å². The predicted octanol–water partition coefficient (Wildman–Crippen LogP) is 1.80. The Morgan fingerprint density at radius 1 is 1.32 bits per heavy atom. The molecule has 5 heteroatoms. The molecule has 0 saturated heterocycles. The van der Waals surface area contributed by atoms with Gasteiger partial charge in [0.2, 0.25) is 11.8 Å². The maximum absolute atomic E-state index is 11.6. The highest BCUT2D eigenvalue weighted by Gasteiger charge is 2.09. The van der Waals surface area contributed by atoms with Crippen LogP contribution in [0.25, 0.3) is 0 Å². The van der Waals surface area contributed by atoms with Crippen LogP contribution in [0.4, 0.5) is 5.69 Å². The molecule has 0 atom stereocenters. The second kappa shape index (κ2) is 7.88. The van der Waals surface area contributed by atoms with Gasteiger partial charge in [-0.25, -0.2) is 0 Å². The van der Waals surface area contributed by atoms with Gasteiger partial charge in [0, 0.05) is 12.2 Å². The Labute approximate surface area is 112 Å². The topological polar surface area (TPSA) is 82.0 Å². The molecule has 0 unspecified atom stereocenters. The van der Waals surface area contributed by atoms with Crippen molar-refractivity contribution in [3.05, 3.63) is 29.8 Å². The molecule has 0 spiro atoms. The second-order valence-corrected chi connectivity index (χ2v) is 4.12. The number of nitrogens with zero attached hydrogens (tertiary/aromatic N) is 1. The molecule has 2 N–H and O–H groups in total. The summed E-state index contributed by atoms with van der Waals surface area (Å²) in [5.41, 5.74) is 0.982. The van der Waals surface area contributed by atoms with Crippen LogP contribution in [0.2, 0.25) is 0 Å². The molecular weight excluding hydrogens is 242 g/mol. The van der Waals surface area contributed by atoms with Crippen LogP contribution in [-0.4, -0.2) is 18.4 Å². The van der Waals surface area contributed by atoms with E-state index in [4.69, 9.17) is 5.26 Å². The zero-order valence-corrected chi connectivity index (χ0v) is 10.9. The minimum absolute atomic E-state index is 0.208. The van der Waals surface area contributed by atoms with Crippen molar-refractivity contribution in [3.63, 3.8) is 0 Å². The zero-order valence-electron chi connectivity index (χ0n) is 10.9. The summed E-state index contributed by atoms with van der Waals surface area (Å²) < 4.78 is 0. The van der Waals surface area contributed by atoms with E-state index in [1.54, 1.807) is 24.3 Å². The van der Waals surface area contributed by atoms with Gasteiger partial charge in [-0.1, -0.05) is 19.4 Å². The van der Waals surface area contributed by atoms with Gasteiger partial charge in [-0.2, -0.15) is 5.26 Å². The number of rotatable bonds is 6. The van der Waals surface area contributed by atoms with Crippen molar-refractivity contribution >= 4 is 17.5 Å². The molecule has 19 heavy (non-hydrogen) atoms. The van der Waals surface area contributed by atoms with Gasteiger partial charge >= 0.3 is 0 Å². The van der Waals surface area contributed by atoms with Crippen molar-refractivity contribution in [2.45, 2.75) is 26.2 Å². The van der Waals surface area contributed by atoms with Crippen LogP contribution in [0.3, 0.4) is 0 Å². The molecule has 0 aliphatic rings. The number of carbonyl (C=O) groups excluding carboxylic acids is 2. The van der Waals surface area contributed by atoms with Crippen LogP contribution in [0.5, 0.6) is 0 Å². The molecule has 2 amide bonds. The minimum Gasteiger partial charge on any atom is -0.356 e. The highest BCUT2D eigenvalue weighted by atomic mass is 16.2. The summed E-state index contributed by atoms with van der Waals surface area (Å²) in [5, 5.41) is 14.0. The Kier molecular flexibility index (Phi) is 6.10. The first kappa shape index (κ1) is 14.7. The van der Waals surface area contributed by atoms with Gasteiger partial charge in [0.15, 0.2) is 0 Å². The zero-order chi connectivity index (χ0) is 14.1. The molecule has 0 fully saturated rings. The van der Waals surface area contributed by atoms with Crippen LogP contribution >= 0.6 is 0 Å². The van der Waals surface area contributed by atoms with Crippen molar-refractivity contribution in [1.82, 2.24) is 5.32 Å². The lowest BCUT2D eigenvalue weighted by Gasteiger charge is -2.06. The van der Waals surface area contributed by atoms with Crippen LogP contribution in [0.15, 0.2) is 24.3 Å². The van der Waals surface area contributed by atoms with E-state index in [-0.39, 0.29) is 18.2 Å². The Morgan fingerprint density at radius 3 is 2.79 bits per heavy atom. The SMILES string of the molecule is CCCCNC(=O)CC(=O)Nc1cccc(C#N)c1. The van der Waals surface area contributed by atoms with Crippen LogP contribution in [0, 0.1) is 11.3 Å². The Hall–Kier alpha value is -2.35. The molecule has 0 saturated carbocycles. The molecule has 1 rings (SSSR count). The summed E-state index contributed by atoms with van der Waals surface area (Å²) in [4.78, 5) is 23.0. The lowest BCUT2D eigenvalue weighted by atomic mass is 10.2. The lowest BCUT2D eigenvalue weighted by molar-refractivity contribution is -0.126. The highest BCUT2D eigenvalue weighted by Crippen LogP contribution is 2.09. The Morgan fingerprint density at radius 2 is 2.11 bits per heavy atom. The standard InChI is InChI=1S/C14H17N3O2/c1-2-3-7-16-13(18)9-14(19)17-12-6-4-5-11(8-12)10-15/h4-6,8H,2-3,7,9H2,1H3,(H,16,18)(H,17,19). The Bertz CT molecular complexity index is 492. The molecule has 1 aromatic rings. The molecule has 0 heterocycles. The van der Waals surface area contributed by atoms with Crippen molar-refractivity contribution in [1.29, 1.82) is 5.26 Å². The number of hydrogen-bond donors (Lipinski definition) is 2. The smallest absolute Gasteiger partial charge is 0.233 e. The number of anilines is 1. The summed E-state index contributed by atoms with van der Waals surface area (Å²) in [5.74, 6) is -0.675. The normalized spacial score (nSPS) is 9.47. The molecule has 0 bridgehead atoms. The molecular formula is C14H17N3O2. The third kappa shape index (κ3) is 5.68. The van der Waals surface area contributed by atoms with E-state index in [0.29, 0.717) is 17.8 Å². The average molecular weight is 259 g/mol. The van der Waals surface area contributed by atoms with E-state index in [1.807, 2.05) is 13.0 Å². The molecule has 0 aliphatic heterocycles. The fraction of sp³-hybridized carbons (Fsp3) is 0.357. The molecule has 0 aliphatic carbocycles. The summed E-state index contributed by atoms with van der Waals surface area (Å²) in [7, 11) is 0. The third-order valence-electron chi connectivity index (χ3n) is 2.45. The van der Waals surface area contributed by atoms with Gasteiger partial charge in [-0.3, -0.25) is 9.59 Å². The number of benzene rings is 1. The molecule has 100 valence electrons. The number of hydrogen-bond acceptors (Lipinski definition) is 3. The van der Waals surface area contributed by atoms with Crippen molar-refractivity contribution in [2.75, 3.05) is 11.9 Å². The number of unbranched alkanes of at least 4 members (excludes halogenated alkanes) is 1. The predicted molar refractivity (Wildman–Crippen MR) is 72.3 cm³/mol. The minimum atomic E-state index is -0.385. The van der Waals surface area contributed by atoms with Crippen molar-refractivity contribution in [3.8, 4) is 6.07 Å². The van der Waals surface area contributed by atoms with E-state index < -0.39 is 0 Å². The second-order valence-electron chi connectivity index (χ2n) is 4.12. The first-order valence-corrected chi connectivity index (χ1v) is 6.22. The van der Waals surface area contributed by atoms with Crippen molar-refractivity contribution in [2.24, 2.45) is 0 Å². The lowest BCUT2D eigenvalue weighted by Crippen LogP contribution is -2.28. The van der Waals surface area contributed by atoms with E-state index in [0.717, 1.165) is 12.8 Å². The van der Waals surface area contributed by atoms with E-state index in [9.17, 15) is 9.59 Å². The van der Waals surface area contributed by atoms with Gasteiger partial charge in [0.1, 0.15) is 6.42 Å². The maximum Gasteiger partial charge on any atom is 0.233 e. The van der Waals surface area contributed by atoms with Gasteiger partial charge in [-0.05, 0) is 24.6 Å². The highest BCUT2D eigenvalue weighted by molar-refractivity contribution is 6.03. The van der Waals surface area contributed by atoms with E-state index in [2.05, 4.69) is 10.6 Å². The van der Waals surface area contributed by atoms with Gasteiger partial charge in [0.05, 0.1) is 11.6 Å². The van der Waals surface area contributed by atoms with E-state index in [1.165, 1.54) is 0 Å². The number of amides is 2.